The van der Waals surface area contributed by atoms with Gasteiger partial charge in [0, 0.05) is 0 Å². The van der Waals surface area contributed by atoms with Crippen molar-refractivity contribution < 1.29 is 28.7 Å². The minimum Gasteiger partial charge on any atom is -0.468 e. The van der Waals surface area contributed by atoms with Crippen LogP contribution >= 0.6 is 11.8 Å². The van der Waals surface area contributed by atoms with Gasteiger partial charge in [0.1, 0.15) is 12.3 Å². The maximum atomic E-state index is 12.3. The van der Waals surface area contributed by atoms with E-state index in [9.17, 15) is 19.2 Å². The predicted octanol–water partition coefficient (Wildman–Crippen LogP) is 3.42. The lowest BCUT2D eigenvalue weighted by Gasteiger charge is -2.09. The SMILES string of the molecule is COC(=O)CN1C(=O)S/C(=C\c2ccc(OC(=O)c3cccc(C)c3)cc2)C1=O. The number of thioether (sulfide) groups is 1. The lowest BCUT2D eigenvalue weighted by molar-refractivity contribution is -0.143. The fourth-order valence-electron chi connectivity index (χ4n) is 2.55. The normalized spacial score (nSPS) is 15.0. The van der Waals surface area contributed by atoms with Crippen LogP contribution in [0.5, 0.6) is 5.75 Å². The number of carbonyl (C=O) groups excluding carboxylic acids is 4. The number of amides is 2. The molecule has 8 heteroatoms. The van der Waals surface area contributed by atoms with Crippen LogP contribution in [0.1, 0.15) is 21.5 Å². The van der Waals surface area contributed by atoms with Gasteiger partial charge in [-0.3, -0.25) is 19.3 Å². The first-order chi connectivity index (χ1) is 13.9. The van der Waals surface area contributed by atoms with Crippen LogP contribution in [0.2, 0.25) is 0 Å². The van der Waals surface area contributed by atoms with Gasteiger partial charge in [0.2, 0.25) is 0 Å². The van der Waals surface area contributed by atoms with Crippen molar-refractivity contribution in [3.05, 3.63) is 70.1 Å². The van der Waals surface area contributed by atoms with Crippen LogP contribution in [0.3, 0.4) is 0 Å². The molecule has 3 rings (SSSR count). The largest absolute Gasteiger partial charge is 0.468 e. The molecule has 0 radical (unpaired) electrons. The van der Waals surface area contributed by atoms with E-state index in [1.807, 2.05) is 13.0 Å². The van der Waals surface area contributed by atoms with E-state index in [0.717, 1.165) is 22.2 Å². The minimum atomic E-state index is -0.673. The molecule has 0 aromatic heterocycles. The van der Waals surface area contributed by atoms with Crippen LogP contribution < -0.4 is 4.74 Å². The van der Waals surface area contributed by atoms with Crippen LogP contribution in [0.25, 0.3) is 6.08 Å². The Hall–Kier alpha value is -3.39. The van der Waals surface area contributed by atoms with Gasteiger partial charge in [-0.1, -0.05) is 29.8 Å². The van der Waals surface area contributed by atoms with Crippen molar-refractivity contribution in [3.8, 4) is 5.75 Å². The Morgan fingerprint density at radius 2 is 1.83 bits per heavy atom. The van der Waals surface area contributed by atoms with Crippen LogP contribution in [0.4, 0.5) is 4.79 Å². The maximum absolute atomic E-state index is 12.3. The molecule has 2 amide bonds. The quantitative estimate of drug-likeness (QED) is 0.423. The standard InChI is InChI=1S/C21H17NO6S/c1-13-4-3-5-15(10-13)20(25)28-16-8-6-14(7-9-16)11-17-19(24)22(21(26)29-17)12-18(23)27-2/h3-11H,12H2,1-2H3/b17-11-. The molecule has 0 aliphatic carbocycles. The smallest absolute Gasteiger partial charge is 0.343 e. The van der Waals surface area contributed by atoms with Gasteiger partial charge in [-0.05, 0) is 54.6 Å². The Morgan fingerprint density at radius 3 is 2.48 bits per heavy atom. The van der Waals surface area contributed by atoms with Gasteiger partial charge >= 0.3 is 11.9 Å². The third-order valence-electron chi connectivity index (χ3n) is 4.03. The van der Waals surface area contributed by atoms with E-state index < -0.39 is 29.6 Å². The molecule has 0 atom stereocenters. The summed E-state index contributed by atoms with van der Waals surface area (Å²) in [6.07, 6.45) is 1.54. The molecule has 7 nitrogen and oxygen atoms in total. The first-order valence-electron chi connectivity index (χ1n) is 8.58. The number of carbonyl (C=O) groups is 4. The Balaban J connectivity index is 1.69. The number of benzene rings is 2. The number of imide groups is 1. The summed E-state index contributed by atoms with van der Waals surface area (Å²) < 4.78 is 9.84. The molecular formula is C21H17NO6S. The Morgan fingerprint density at radius 1 is 1.10 bits per heavy atom. The van der Waals surface area contributed by atoms with Crippen LogP contribution in [-0.4, -0.2) is 41.6 Å². The van der Waals surface area contributed by atoms with E-state index in [-0.39, 0.29) is 4.91 Å². The number of aryl methyl sites for hydroxylation is 1. The molecule has 0 N–H and O–H groups in total. The fourth-order valence-corrected chi connectivity index (χ4v) is 3.39. The van der Waals surface area contributed by atoms with E-state index >= 15 is 0 Å². The van der Waals surface area contributed by atoms with Gasteiger partial charge in [-0.25, -0.2) is 4.79 Å². The monoisotopic (exact) mass is 411 g/mol. The molecule has 2 aromatic carbocycles. The molecule has 2 aromatic rings. The van der Waals surface area contributed by atoms with Gasteiger partial charge < -0.3 is 9.47 Å². The average Bonchev–Trinajstić information content (AvgIpc) is 2.96. The molecule has 29 heavy (non-hydrogen) atoms. The lowest BCUT2D eigenvalue weighted by atomic mass is 10.1. The number of methoxy groups -OCH3 is 1. The highest BCUT2D eigenvalue weighted by Gasteiger charge is 2.36. The summed E-state index contributed by atoms with van der Waals surface area (Å²) in [5.41, 5.74) is 2.05. The third-order valence-corrected chi connectivity index (χ3v) is 4.94. The number of ether oxygens (including phenoxy) is 2. The van der Waals surface area contributed by atoms with Crippen molar-refractivity contribution in [3.63, 3.8) is 0 Å². The van der Waals surface area contributed by atoms with Crippen molar-refractivity contribution in [2.24, 2.45) is 0 Å². The topological polar surface area (TPSA) is 90.0 Å². The van der Waals surface area contributed by atoms with E-state index in [0.29, 0.717) is 16.9 Å². The van der Waals surface area contributed by atoms with Crippen LogP contribution in [0.15, 0.2) is 53.4 Å². The fraction of sp³-hybridized carbons (Fsp3) is 0.143. The number of esters is 2. The summed E-state index contributed by atoms with van der Waals surface area (Å²) in [7, 11) is 1.19. The summed E-state index contributed by atoms with van der Waals surface area (Å²) in [5, 5.41) is -0.532. The van der Waals surface area contributed by atoms with E-state index in [1.165, 1.54) is 13.2 Å². The zero-order valence-electron chi connectivity index (χ0n) is 15.7. The average molecular weight is 411 g/mol. The lowest BCUT2D eigenvalue weighted by Crippen LogP contribution is -2.34. The highest BCUT2D eigenvalue weighted by molar-refractivity contribution is 8.18. The van der Waals surface area contributed by atoms with Crippen molar-refractivity contribution in [2.45, 2.75) is 6.92 Å². The van der Waals surface area contributed by atoms with Gasteiger partial charge in [0.15, 0.2) is 0 Å². The van der Waals surface area contributed by atoms with Gasteiger partial charge in [0.25, 0.3) is 11.1 Å². The van der Waals surface area contributed by atoms with Crippen molar-refractivity contribution >= 4 is 40.9 Å². The molecule has 1 heterocycles. The molecule has 0 spiro atoms. The Labute approximate surface area is 171 Å². The van der Waals surface area contributed by atoms with Gasteiger partial charge in [0.05, 0.1) is 17.6 Å². The van der Waals surface area contributed by atoms with E-state index in [4.69, 9.17) is 4.74 Å². The summed E-state index contributed by atoms with van der Waals surface area (Å²) >= 11 is 0.748. The molecule has 1 saturated heterocycles. The second-order valence-electron chi connectivity index (χ2n) is 6.17. The summed E-state index contributed by atoms with van der Waals surface area (Å²) in [4.78, 5) is 48.8. The van der Waals surface area contributed by atoms with Crippen molar-refractivity contribution in [1.82, 2.24) is 4.90 Å². The van der Waals surface area contributed by atoms with E-state index in [2.05, 4.69) is 4.74 Å². The second kappa shape index (κ2) is 8.74. The zero-order valence-corrected chi connectivity index (χ0v) is 16.5. The minimum absolute atomic E-state index is 0.198. The maximum Gasteiger partial charge on any atom is 0.343 e. The van der Waals surface area contributed by atoms with Gasteiger partial charge in [-0.15, -0.1) is 0 Å². The number of nitrogens with zero attached hydrogens (tertiary/aromatic N) is 1. The molecule has 0 bridgehead atoms. The van der Waals surface area contributed by atoms with Gasteiger partial charge in [-0.2, -0.15) is 0 Å². The van der Waals surface area contributed by atoms with Crippen molar-refractivity contribution in [2.75, 3.05) is 13.7 Å². The van der Waals surface area contributed by atoms with E-state index in [1.54, 1.807) is 42.5 Å². The molecule has 0 saturated carbocycles. The first-order valence-corrected chi connectivity index (χ1v) is 9.40. The predicted molar refractivity (Wildman–Crippen MR) is 107 cm³/mol. The molecule has 1 aliphatic heterocycles. The second-order valence-corrected chi connectivity index (χ2v) is 7.17. The number of hydrogen-bond donors (Lipinski definition) is 0. The summed E-state index contributed by atoms with van der Waals surface area (Å²) in [5.74, 6) is -1.34. The molecule has 1 aliphatic rings. The number of hydrogen-bond acceptors (Lipinski definition) is 7. The summed E-state index contributed by atoms with van der Waals surface area (Å²) in [6.45, 7) is 1.46. The van der Waals surface area contributed by atoms with Crippen LogP contribution in [-0.2, 0) is 14.3 Å². The number of rotatable bonds is 5. The Kier molecular flexibility index (Phi) is 6.13. The highest BCUT2D eigenvalue weighted by Crippen LogP contribution is 2.32. The molecule has 1 fully saturated rings. The highest BCUT2D eigenvalue weighted by atomic mass is 32.2. The summed E-state index contributed by atoms with van der Waals surface area (Å²) in [6, 6.07) is 13.6. The molecule has 148 valence electrons. The molecule has 0 unspecified atom stereocenters. The zero-order chi connectivity index (χ0) is 21.0. The Bertz CT molecular complexity index is 1010. The molecular weight excluding hydrogens is 394 g/mol. The van der Waals surface area contributed by atoms with Crippen molar-refractivity contribution in [1.29, 1.82) is 0 Å². The third kappa shape index (κ3) is 4.91. The van der Waals surface area contributed by atoms with Crippen LogP contribution in [0, 0.1) is 6.92 Å². The first kappa shape index (κ1) is 20.3.